The molecule has 0 unspecified atom stereocenters. The van der Waals surface area contributed by atoms with Crippen LogP contribution in [0.5, 0.6) is 0 Å². The lowest BCUT2D eigenvalue weighted by Crippen LogP contribution is -2.47. The van der Waals surface area contributed by atoms with Gasteiger partial charge in [0.1, 0.15) is 13.2 Å². The van der Waals surface area contributed by atoms with Crippen LogP contribution in [-0.2, 0) is 14.3 Å². The van der Waals surface area contributed by atoms with E-state index in [4.69, 9.17) is 14.9 Å². The van der Waals surface area contributed by atoms with E-state index >= 15 is 0 Å². The quantitative estimate of drug-likeness (QED) is 0.619. The Labute approximate surface area is 153 Å². The summed E-state index contributed by atoms with van der Waals surface area (Å²) in [4.78, 5) is 27.9. The van der Waals surface area contributed by atoms with E-state index in [9.17, 15) is 14.7 Å². The molecule has 0 aromatic heterocycles. The highest BCUT2D eigenvalue weighted by atomic mass is 32.2. The number of hydrogen-bond acceptors (Lipinski definition) is 8. The largest absolute Gasteiger partial charge is 0.489 e. The Kier molecular flexibility index (Phi) is 5.14. The Morgan fingerprint density at radius 2 is 2.04 bits per heavy atom. The van der Waals surface area contributed by atoms with Gasteiger partial charge < -0.3 is 14.6 Å². The Morgan fingerprint density at radius 3 is 2.69 bits per heavy atom. The number of carbonyl (C=O) groups is 2. The molecule has 0 spiro atoms. The minimum Gasteiger partial charge on any atom is -0.489 e. The number of esters is 2. The van der Waals surface area contributed by atoms with Crippen molar-refractivity contribution in [3.05, 3.63) is 63.7 Å². The van der Waals surface area contributed by atoms with Crippen molar-refractivity contribution in [2.24, 2.45) is 0 Å². The number of hydrogen-bond donors (Lipinski definition) is 1. The third kappa shape index (κ3) is 3.36. The molecule has 1 aromatic rings. The molecule has 1 aromatic carbocycles. The molecule has 0 bridgehead atoms. The number of aliphatic hydroxyl groups excluding tert-OH is 1. The highest BCUT2D eigenvalue weighted by Gasteiger charge is 2.53. The zero-order valence-electron chi connectivity index (χ0n) is 13.9. The first kappa shape index (κ1) is 17.8. The number of fused-ring (bicyclic) bond motifs is 1. The number of diazo groups is 1. The number of benzene rings is 1. The zero-order chi connectivity index (χ0) is 18.7. The summed E-state index contributed by atoms with van der Waals surface area (Å²) < 4.78 is 10.4. The lowest BCUT2D eigenvalue weighted by Gasteiger charge is -2.40. The second-order valence-corrected chi connectivity index (χ2v) is 6.68. The van der Waals surface area contributed by atoms with Gasteiger partial charge in [0.15, 0.2) is 10.3 Å². The molecule has 0 saturated carbocycles. The van der Waals surface area contributed by atoms with Crippen LogP contribution in [0, 0.1) is 5.39 Å². The molecule has 3 rings (SSSR count). The van der Waals surface area contributed by atoms with Gasteiger partial charge in [-0.2, -0.15) is 0 Å². The van der Waals surface area contributed by atoms with E-state index in [-0.39, 0.29) is 30.2 Å². The topological polar surface area (TPSA) is 104 Å². The lowest BCUT2D eigenvalue weighted by atomic mass is 10.1. The summed E-state index contributed by atoms with van der Waals surface area (Å²) in [5.41, 5.74) is 1.80. The summed E-state index contributed by atoms with van der Waals surface area (Å²) in [6.07, 6.45) is 0. The van der Waals surface area contributed by atoms with Crippen LogP contribution < -0.4 is 0 Å². The van der Waals surface area contributed by atoms with Crippen molar-refractivity contribution in [2.75, 3.05) is 19.0 Å². The monoisotopic (exact) mass is 374 g/mol. The summed E-state index contributed by atoms with van der Waals surface area (Å²) in [6.45, 7) is 1.23. The molecule has 134 valence electrons. The molecular weight excluding hydrogens is 358 g/mol. The van der Waals surface area contributed by atoms with Crippen LogP contribution in [0.15, 0.2) is 53.2 Å². The Morgan fingerprint density at radius 1 is 1.31 bits per heavy atom. The SMILES string of the molecule is CC(=O)OCC1=C(COC(=O)c2ccccc2)N2C(O)=C([N+]#N)[C@H]2SC1. The van der Waals surface area contributed by atoms with Gasteiger partial charge in [0, 0.05) is 18.2 Å². The summed E-state index contributed by atoms with van der Waals surface area (Å²) in [5, 5.41) is 18.7. The van der Waals surface area contributed by atoms with Crippen LogP contribution >= 0.6 is 11.8 Å². The molecule has 0 aliphatic carbocycles. The molecule has 0 radical (unpaired) electrons. The second kappa shape index (κ2) is 7.49. The predicted octanol–water partition coefficient (Wildman–Crippen LogP) is 2.63. The number of aliphatic hydroxyl groups is 1. The third-order valence-corrected chi connectivity index (χ3v) is 5.21. The number of ether oxygens (including phenoxy) is 2. The van der Waals surface area contributed by atoms with Gasteiger partial charge in [0.05, 0.1) is 11.3 Å². The van der Waals surface area contributed by atoms with Crippen molar-refractivity contribution in [1.82, 2.24) is 4.90 Å². The minimum atomic E-state index is -0.504. The van der Waals surface area contributed by atoms with E-state index in [1.54, 1.807) is 30.3 Å². The Hall–Kier alpha value is -2.99. The van der Waals surface area contributed by atoms with Crippen molar-refractivity contribution in [1.29, 1.82) is 5.39 Å². The van der Waals surface area contributed by atoms with Gasteiger partial charge in [0.25, 0.3) is 5.88 Å². The molecule has 9 heteroatoms. The van der Waals surface area contributed by atoms with Crippen LogP contribution in [-0.4, -0.2) is 46.3 Å². The van der Waals surface area contributed by atoms with Gasteiger partial charge in [-0.05, 0) is 12.1 Å². The minimum absolute atomic E-state index is 0.0304. The molecule has 0 fully saturated rings. The third-order valence-electron chi connectivity index (χ3n) is 3.95. The number of carbonyl (C=O) groups excluding carboxylic acids is 2. The smallest absolute Gasteiger partial charge is 0.453 e. The number of thioether (sulfide) groups is 1. The summed E-state index contributed by atoms with van der Waals surface area (Å²) in [5.74, 6) is -0.662. The maximum absolute atomic E-state index is 12.2. The van der Waals surface area contributed by atoms with Gasteiger partial charge in [0.2, 0.25) is 5.39 Å². The first-order chi connectivity index (χ1) is 12.5. The van der Waals surface area contributed by atoms with Crippen molar-refractivity contribution in [3.8, 4) is 0 Å². The maximum atomic E-state index is 12.2. The molecule has 8 nitrogen and oxygen atoms in total. The maximum Gasteiger partial charge on any atom is 0.453 e. The first-order valence-corrected chi connectivity index (χ1v) is 8.83. The number of nitrogens with zero attached hydrogens (tertiary/aromatic N) is 3. The van der Waals surface area contributed by atoms with Gasteiger partial charge in [-0.1, -0.05) is 18.2 Å². The average molecular weight is 374 g/mol. The molecule has 1 N–H and O–H groups in total. The van der Waals surface area contributed by atoms with Gasteiger partial charge in [-0.25, -0.2) is 4.79 Å². The molecule has 2 aliphatic rings. The lowest BCUT2D eigenvalue weighted by molar-refractivity contribution is -0.140. The van der Waals surface area contributed by atoms with Crippen LogP contribution in [0.4, 0.5) is 0 Å². The highest BCUT2D eigenvalue weighted by Crippen LogP contribution is 2.45. The zero-order valence-corrected chi connectivity index (χ0v) is 14.7. The van der Waals surface area contributed by atoms with Crippen molar-refractivity contribution in [3.63, 3.8) is 0 Å². The molecule has 0 saturated heterocycles. The van der Waals surface area contributed by atoms with Crippen molar-refractivity contribution in [2.45, 2.75) is 12.3 Å². The molecule has 2 aliphatic heterocycles. The normalized spacial score (nSPS) is 18.6. The molecule has 0 amide bonds. The molecular formula is C17H16N3O5S+. The van der Waals surface area contributed by atoms with Gasteiger partial charge in [-0.15, -0.1) is 11.8 Å². The average Bonchev–Trinajstić information content (AvgIpc) is 2.65. The van der Waals surface area contributed by atoms with Crippen LogP contribution in [0.1, 0.15) is 17.3 Å². The van der Waals surface area contributed by atoms with E-state index in [1.165, 1.54) is 23.6 Å². The van der Waals surface area contributed by atoms with Crippen molar-refractivity contribution < 1.29 is 24.2 Å². The van der Waals surface area contributed by atoms with E-state index in [0.29, 0.717) is 22.6 Å². The standard InChI is InChI=1S/C17H15N3O5S/c1-10(21)24-7-12-9-26-16-14(19-18)15(22)20(16)13(12)8-25-17(23)11-5-3-2-4-6-11/h2-6,16H,7-9H2,1H3/p+1/t16-/m1/s1. The fourth-order valence-electron chi connectivity index (χ4n) is 2.63. The van der Waals surface area contributed by atoms with E-state index in [0.717, 1.165) is 0 Å². The van der Waals surface area contributed by atoms with Crippen LogP contribution in [0.25, 0.3) is 4.98 Å². The highest BCUT2D eigenvalue weighted by molar-refractivity contribution is 8.00. The van der Waals surface area contributed by atoms with E-state index < -0.39 is 11.9 Å². The van der Waals surface area contributed by atoms with Crippen LogP contribution in [0.3, 0.4) is 0 Å². The predicted molar refractivity (Wildman–Crippen MR) is 93.2 cm³/mol. The fraction of sp³-hybridized carbons (Fsp3) is 0.294. The summed E-state index contributed by atoms with van der Waals surface area (Å²) in [6, 6.07) is 8.53. The first-order valence-electron chi connectivity index (χ1n) is 7.78. The fourth-order valence-corrected chi connectivity index (χ4v) is 3.92. The Bertz CT molecular complexity index is 844. The van der Waals surface area contributed by atoms with Gasteiger partial charge >= 0.3 is 17.6 Å². The van der Waals surface area contributed by atoms with Crippen molar-refractivity contribution >= 4 is 23.7 Å². The summed E-state index contributed by atoms with van der Waals surface area (Å²) >= 11 is 1.41. The summed E-state index contributed by atoms with van der Waals surface area (Å²) in [7, 11) is 0. The second-order valence-electron chi connectivity index (χ2n) is 5.61. The molecule has 2 heterocycles. The molecule has 26 heavy (non-hydrogen) atoms. The molecule has 1 atom stereocenters. The van der Waals surface area contributed by atoms with Crippen LogP contribution in [0.2, 0.25) is 0 Å². The van der Waals surface area contributed by atoms with E-state index in [2.05, 4.69) is 4.98 Å². The Balaban J connectivity index is 1.80. The number of rotatable bonds is 5. The van der Waals surface area contributed by atoms with Gasteiger partial charge in [-0.3, -0.25) is 9.69 Å². The van der Waals surface area contributed by atoms with E-state index in [1.807, 2.05) is 0 Å².